The highest BCUT2D eigenvalue weighted by atomic mass is 32.2. The van der Waals surface area contributed by atoms with Crippen molar-refractivity contribution in [1.82, 2.24) is 9.47 Å². The normalized spacial score (nSPS) is 17.3. The van der Waals surface area contributed by atoms with E-state index in [4.69, 9.17) is 0 Å². The number of aromatic nitrogens is 1. The molecule has 1 fully saturated rings. The van der Waals surface area contributed by atoms with Crippen molar-refractivity contribution in [1.29, 1.82) is 0 Å². The first kappa shape index (κ1) is 18.9. The average Bonchev–Trinajstić information content (AvgIpc) is 3.22. The Morgan fingerprint density at radius 2 is 1.77 bits per heavy atom. The molecule has 1 aromatic heterocycles. The summed E-state index contributed by atoms with van der Waals surface area (Å²) in [6, 6.07) is 10.5. The van der Waals surface area contributed by atoms with Gasteiger partial charge in [-0.3, -0.25) is 0 Å². The van der Waals surface area contributed by atoms with Crippen molar-refractivity contribution < 1.29 is 4.79 Å². The highest BCUT2D eigenvalue weighted by molar-refractivity contribution is 7.99. The first-order valence-electron chi connectivity index (χ1n) is 9.33. The monoisotopic (exact) mass is 371 g/mol. The summed E-state index contributed by atoms with van der Waals surface area (Å²) < 4.78 is 2.10. The summed E-state index contributed by atoms with van der Waals surface area (Å²) in [5.74, 6) is 1.69. The Balaban J connectivity index is 1.89. The molecule has 5 heteroatoms. The zero-order valence-corrected chi connectivity index (χ0v) is 17.1. The minimum atomic E-state index is -0.00352. The molecule has 3 rings (SSSR count). The first-order chi connectivity index (χ1) is 12.4. The van der Waals surface area contributed by atoms with Gasteiger partial charge < -0.3 is 14.8 Å². The van der Waals surface area contributed by atoms with E-state index < -0.39 is 0 Å². The second kappa shape index (κ2) is 7.78. The lowest BCUT2D eigenvalue weighted by Gasteiger charge is -2.27. The number of hydrogen-bond donors (Lipinski definition) is 1. The highest BCUT2D eigenvalue weighted by Crippen LogP contribution is 2.39. The Morgan fingerprint density at radius 1 is 1.12 bits per heavy atom. The van der Waals surface area contributed by atoms with Gasteiger partial charge in [0.05, 0.1) is 5.69 Å². The van der Waals surface area contributed by atoms with Crippen LogP contribution in [0.3, 0.4) is 0 Å². The molecule has 0 bridgehead atoms. The number of rotatable bonds is 4. The minimum Gasteiger partial charge on any atom is -0.352 e. The fourth-order valence-corrected chi connectivity index (χ4v) is 4.85. The van der Waals surface area contributed by atoms with Crippen molar-refractivity contribution in [3.63, 3.8) is 0 Å². The summed E-state index contributed by atoms with van der Waals surface area (Å²) >= 11 is 1.83. The van der Waals surface area contributed by atoms with Crippen molar-refractivity contribution in [2.45, 2.75) is 44.9 Å². The highest BCUT2D eigenvalue weighted by Gasteiger charge is 2.32. The number of nitrogens with zero attached hydrogens (tertiary/aromatic N) is 2. The fourth-order valence-electron chi connectivity index (χ4n) is 3.53. The number of carbonyl (C=O) groups is 1. The number of thioether (sulfide) groups is 1. The van der Waals surface area contributed by atoms with Gasteiger partial charge in [-0.1, -0.05) is 45.9 Å². The molecule has 0 aliphatic carbocycles. The minimum absolute atomic E-state index is 0.00352. The van der Waals surface area contributed by atoms with Crippen LogP contribution in [0.4, 0.5) is 10.5 Å². The van der Waals surface area contributed by atoms with Crippen molar-refractivity contribution in [2.75, 3.05) is 17.6 Å². The molecule has 1 aliphatic heterocycles. The summed E-state index contributed by atoms with van der Waals surface area (Å²) in [4.78, 5) is 15.1. The number of nitrogens with one attached hydrogen (secondary N) is 1. The van der Waals surface area contributed by atoms with Gasteiger partial charge in [0.15, 0.2) is 0 Å². The number of anilines is 1. The number of para-hydroxylation sites is 1. The number of amides is 2. The molecule has 1 aromatic carbocycles. The lowest BCUT2D eigenvalue weighted by Crippen LogP contribution is -2.35. The lowest BCUT2D eigenvalue weighted by atomic mass is 9.93. The number of carbonyl (C=O) groups excluding carboxylic acids is 1. The van der Waals surface area contributed by atoms with Gasteiger partial charge in [0.1, 0.15) is 5.37 Å². The maximum Gasteiger partial charge on any atom is 0.323 e. The van der Waals surface area contributed by atoms with Crippen molar-refractivity contribution in [3.05, 3.63) is 53.3 Å². The Labute approximate surface area is 161 Å². The molecule has 1 aliphatic rings. The number of hydrogen-bond acceptors (Lipinski definition) is 2. The first-order valence-corrected chi connectivity index (χ1v) is 10.4. The van der Waals surface area contributed by atoms with Gasteiger partial charge in [-0.25, -0.2) is 4.79 Å². The second-order valence-corrected chi connectivity index (χ2v) is 8.70. The van der Waals surface area contributed by atoms with Crippen molar-refractivity contribution in [2.24, 2.45) is 7.05 Å². The molecule has 1 saturated heterocycles. The molecule has 0 unspecified atom stereocenters. The maximum atomic E-state index is 13.2. The Kier molecular flexibility index (Phi) is 5.66. The number of benzene rings is 1. The van der Waals surface area contributed by atoms with Crippen molar-refractivity contribution >= 4 is 23.5 Å². The molecule has 4 nitrogen and oxygen atoms in total. The van der Waals surface area contributed by atoms with E-state index in [0.29, 0.717) is 11.8 Å². The molecular weight excluding hydrogens is 342 g/mol. The topological polar surface area (TPSA) is 37.3 Å². The lowest BCUT2D eigenvalue weighted by molar-refractivity contribution is 0.213. The molecule has 1 N–H and O–H groups in total. The van der Waals surface area contributed by atoms with Crippen LogP contribution in [0.15, 0.2) is 36.5 Å². The SMILES string of the molecule is CC(C)c1cccc(C(C)C)c1NC(=O)N1CCS[C@@H]1c1cccn1C. The Bertz CT molecular complexity index is 755. The number of aryl methyl sites for hydroxylation is 1. The molecule has 1 atom stereocenters. The van der Waals surface area contributed by atoms with Gasteiger partial charge in [-0.2, -0.15) is 0 Å². The Morgan fingerprint density at radius 3 is 2.31 bits per heavy atom. The molecule has 0 radical (unpaired) electrons. The van der Waals surface area contributed by atoms with E-state index in [1.807, 2.05) is 36.0 Å². The standard InChI is InChI=1S/C21H29N3OS/c1-14(2)16-8-6-9-17(15(3)4)19(16)22-21(25)24-12-13-26-20(24)18-10-7-11-23(18)5/h6-11,14-15,20H,12-13H2,1-5H3,(H,22,25)/t20-/m1/s1. The molecule has 140 valence electrons. The van der Waals surface area contributed by atoms with Gasteiger partial charge in [-0.05, 0) is 35.1 Å². The predicted molar refractivity (Wildman–Crippen MR) is 111 cm³/mol. The zero-order chi connectivity index (χ0) is 18.8. The van der Waals surface area contributed by atoms with E-state index in [1.54, 1.807) is 0 Å². The largest absolute Gasteiger partial charge is 0.352 e. The third-order valence-electron chi connectivity index (χ3n) is 4.99. The average molecular weight is 372 g/mol. The van der Waals surface area contributed by atoms with Gasteiger partial charge in [0.25, 0.3) is 0 Å². The van der Waals surface area contributed by atoms with Gasteiger partial charge >= 0.3 is 6.03 Å². The summed E-state index contributed by atoms with van der Waals surface area (Å²) in [5, 5.41) is 3.33. The zero-order valence-electron chi connectivity index (χ0n) is 16.3. The molecule has 2 heterocycles. The van der Waals surface area contributed by atoms with Crippen LogP contribution in [0.2, 0.25) is 0 Å². The number of urea groups is 1. The van der Waals surface area contributed by atoms with Crippen LogP contribution in [0, 0.1) is 0 Å². The molecule has 0 spiro atoms. The maximum absolute atomic E-state index is 13.2. The third-order valence-corrected chi connectivity index (χ3v) is 6.22. The molecular formula is C21H29N3OS. The van der Waals surface area contributed by atoms with Gasteiger partial charge in [-0.15, -0.1) is 11.8 Å². The second-order valence-electron chi connectivity index (χ2n) is 7.51. The summed E-state index contributed by atoms with van der Waals surface area (Å²) in [7, 11) is 2.04. The summed E-state index contributed by atoms with van der Waals surface area (Å²) in [6.07, 6.45) is 2.04. The quantitative estimate of drug-likeness (QED) is 0.765. The molecule has 26 heavy (non-hydrogen) atoms. The molecule has 2 aromatic rings. The molecule has 0 saturated carbocycles. The van der Waals surface area contributed by atoms with Crippen LogP contribution >= 0.6 is 11.8 Å². The van der Waals surface area contributed by atoms with Gasteiger partial charge in [0.2, 0.25) is 0 Å². The van der Waals surface area contributed by atoms with Crippen LogP contribution in [0.25, 0.3) is 0 Å². The van der Waals surface area contributed by atoms with E-state index in [0.717, 1.165) is 18.0 Å². The van der Waals surface area contributed by atoms with Crippen LogP contribution in [-0.4, -0.2) is 27.8 Å². The smallest absolute Gasteiger partial charge is 0.323 e. The van der Waals surface area contributed by atoms with E-state index in [9.17, 15) is 4.79 Å². The van der Waals surface area contributed by atoms with E-state index in [1.165, 1.54) is 16.8 Å². The van der Waals surface area contributed by atoms with Crippen molar-refractivity contribution in [3.8, 4) is 0 Å². The van der Waals surface area contributed by atoms with E-state index in [2.05, 4.69) is 61.8 Å². The Hall–Kier alpha value is -1.88. The van der Waals surface area contributed by atoms with Crippen LogP contribution in [0.1, 0.15) is 61.7 Å². The van der Waals surface area contributed by atoms with E-state index >= 15 is 0 Å². The summed E-state index contributed by atoms with van der Waals surface area (Å²) in [5.41, 5.74) is 4.56. The van der Waals surface area contributed by atoms with Crippen LogP contribution in [0.5, 0.6) is 0 Å². The molecule has 2 amide bonds. The third kappa shape index (κ3) is 3.63. The van der Waals surface area contributed by atoms with Crippen LogP contribution in [-0.2, 0) is 7.05 Å². The van der Waals surface area contributed by atoms with Gasteiger partial charge in [0, 0.05) is 31.2 Å². The predicted octanol–water partition coefficient (Wildman–Crippen LogP) is 5.55. The van der Waals surface area contributed by atoms with E-state index in [-0.39, 0.29) is 11.4 Å². The van der Waals surface area contributed by atoms with Crippen LogP contribution < -0.4 is 5.32 Å². The summed E-state index contributed by atoms with van der Waals surface area (Å²) in [6.45, 7) is 9.47. The fraction of sp³-hybridized carbons (Fsp3) is 0.476.